The second-order valence-corrected chi connectivity index (χ2v) is 4.63. The van der Waals surface area contributed by atoms with Crippen LogP contribution in [0.25, 0.3) is 0 Å². The van der Waals surface area contributed by atoms with Crippen LogP contribution in [0.2, 0.25) is 0 Å². The first-order chi connectivity index (χ1) is 8.69. The smallest absolute Gasteiger partial charge is 0.344 e. The quantitative estimate of drug-likeness (QED) is 0.790. The Labute approximate surface area is 107 Å². The van der Waals surface area contributed by atoms with E-state index >= 15 is 0 Å². The predicted molar refractivity (Wildman–Crippen MR) is 68.0 cm³/mol. The molecular weight excluding hydrogens is 230 g/mol. The Morgan fingerprint density at radius 2 is 2.11 bits per heavy atom. The zero-order chi connectivity index (χ0) is 13.0. The minimum atomic E-state index is -1.60. The average molecular weight is 249 g/mol. The van der Waals surface area contributed by atoms with E-state index < -0.39 is 11.6 Å². The van der Waals surface area contributed by atoms with Crippen LogP contribution in [0.1, 0.15) is 24.8 Å². The summed E-state index contributed by atoms with van der Waals surface area (Å²) < 4.78 is 4.79. The van der Waals surface area contributed by atoms with Gasteiger partial charge in [-0.1, -0.05) is 36.8 Å². The first kappa shape index (κ1) is 13.1. The van der Waals surface area contributed by atoms with Crippen LogP contribution in [0, 0.1) is 0 Å². The van der Waals surface area contributed by atoms with Gasteiger partial charge in [0.2, 0.25) is 5.60 Å². The van der Waals surface area contributed by atoms with Gasteiger partial charge in [-0.15, -0.1) is 0 Å². The number of carbonyl (C=O) groups is 1. The lowest BCUT2D eigenvalue weighted by Gasteiger charge is -2.37. The second-order valence-electron chi connectivity index (χ2n) is 4.63. The van der Waals surface area contributed by atoms with Crippen molar-refractivity contribution in [3.8, 4) is 0 Å². The molecular formula is C14H19NO3. The van der Waals surface area contributed by atoms with Crippen molar-refractivity contribution in [3.63, 3.8) is 0 Å². The van der Waals surface area contributed by atoms with Gasteiger partial charge in [-0.25, -0.2) is 4.79 Å². The largest absolute Gasteiger partial charge is 0.467 e. The highest BCUT2D eigenvalue weighted by molar-refractivity contribution is 5.82. The number of carbonyl (C=O) groups excluding carboxylic acids is 1. The summed E-state index contributed by atoms with van der Waals surface area (Å²) in [7, 11) is 1.30. The second kappa shape index (κ2) is 5.50. The molecule has 0 aromatic heterocycles. The van der Waals surface area contributed by atoms with Gasteiger partial charge in [-0.2, -0.15) is 0 Å². The van der Waals surface area contributed by atoms with Gasteiger partial charge in [0.15, 0.2) is 0 Å². The van der Waals surface area contributed by atoms with E-state index in [-0.39, 0.29) is 6.04 Å². The maximum atomic E-state index is 12.0. The van der Waals surface area contributed by atoms with E-state index in [9.17, 15) is 9.90 Å². The van der Waals surface area contributed by atoms with Crippen molar-refractivity contribution in [2.24, 2.45) is 0 Å². The summed E-state index contributed by atoms with van der Waals surface area (Å²) in [6.07, 6.45) is 2.84. The zero-order valence-corrected chi connectivity index (χ0v) is 10.6. The molecule has 2 atom stereocenters. The lowest BCUT2D eigenvalue weighted by Crippen LogP contribution is -2.55. The number of hydrogen-bond acceptors (Lipinski definition) is 4. The first-order valence-electron chi connectivity index (χ1n) is 6.29. The van der Waals surface area contributed by atoms with Gasteiger partial charge in [-0.3, -0.25) is 0 Å². The number of ether oxygens (including phenoxy) is 1. The maximum absolute atomic E-state index is 12.0. The highest BCUT2D eigenvalue weighted by atomic mass is 16.5. The van der Waals surface area contributed by atoms with Crippen molar-refractivity contribution < 1.29 is 14.6 Å². The normalized spacial score (nSPS) is 23.1. The number of rotatable bonds is 3. The van der Waals surface area contributed by atoms with Crippen molar-refractivity contribution >= 4 is 5.97 Å². The minimum Gasteiger partial charge on any atom is -0.467 e. The summed E-state index contributed by atoms with van der Waals surface area (Å²) in [6, 6.07) is 8.70. The summed E-state index contributed by atoms with van der Waals surface area (Å²) in [6.45, 7) is 0.816. The molecule has 1 aromatic carbocycles. The van der Waals surface area contributed by atoms with Crippen molar-refractivity contribution in [1.82, 2.24) is 5.32 Å². The molecule has 0 bridgehead atoms. The number of methoxy groups -OCH3 is 1. The number of benzene rings is 1. The fourth-order valence-electron chi connectivity index (χ4n) is 2.52. The van der Waals surface area contributed by atoms with Gasteiger partial charge in [0.05, 0.1) is 13.2 Å². The van der Waals surface area contributed by atoms with Gasteiger partial charge in [0, 0.05) is 0 Å². The number of piperidine rings is 1. The molecule has 18 heavy (non-hydrogen) atoms. The zero-order valence-electron chi connectivity index (χ0n) is 10.6. The summed E-state index contributed by atoms with van der Waals surface area (Å²) in [4.78, 5) is 12.0. The molecule has 1 aliphatic rings. The van der Waals surface area contributed by atoms with Crippen LogP contribution in [-0.2, 0) is 15.1 Å². The molecule has 0 unspecified atom stereocenters. The monoisotopic (exact) mass is 249 g/mol. The molecule has 98 valence electrons. The van der Waals surface area contributed by atoms with Gasteiger partial charge < -0.3 is 15.2 Å². The highest BCUT2D eigenvalue weighted by Gasteiger charge is 2.46. The van der Waals surface area contributed by atoms with Crippen LogP contribution in [0.5, 0.6) is 0 Å². The lowest BCUT2D eigenvalue weighted by atomic mass is 9.82. The van der Waals surface area contributed by atoms with Crippen LogP contribution < -0.4 is 5.32 Å². The lowest BCUT2D eigenvalue weighted by molar-refractivity contribution is -0.168. The Kier molecular flexibility index (Phi) is 3.99. The molecule has 2 rings (SSSR count). The van der Waals surface area contributed by atoms with Gasteiger partial charge in [-0.05, 0) is 24.9 Å². The molecule has 4 nitrogen and oxygen atoms in total. The topological polar surface area (TPSA) is 58.6 Å². The van der Waals surface area contributed by atoms with Gasteiger partial charge in [0.1, 0.15) is 0 Å². The van der Waals surface area contributed by atoms with Crippen LogP contribution in [0.15, 0.2) is 30.3 Å². The van der Waals surface area contributed by atoms with Crippen LogP contribution in [0.3, 0.4) is 0 Å². The fourth-order valence-corrected chi connectivity index (χ4v) is 2.52. The number of nitrogens with one attached hydrogen (secondary N) is 1. The van der Waals surface area contributed by atoms with E-state index in [2.05, 4.69) is 5.32 Å². The molecule has 2 N–H and O–H groups in total. The molecule has 4 heteroatoms. The van der Waals surface area contributed by atoms with Crippen molar-refractivity contribution in [1.29, 1.82) is 0 Å². The fraction of sp³-hybridized carbons (Fsp3) is 0.500. The number of hydrogen-bond donors (Lipinski definition) is 2. The average Bonchev–Trinajstić information content (AvgIpc) is 2.47. The third-order valence-electron chi connectivity index (χ3n) is 3.53. The van der Waals surface area contributed by atoms with E-state index in [0.717, 1.165) is 25.8 Å². The molecule has 1 saturated heterocycles. The van der Waals surface area contributed by atoms with Crippen LogP contribution >= 0.6 is 0 Å². The molecule has 1 aliphatic heterocycles. The molecule has 0 spiro atoms. The third kappa shape index (κ3) is 2.26. The van der Waals surface area contributed by atoms with E-state index in [0.29, 0.717) is 5.56 Å². The van der Waals surface area contributed by atoms with E-state index in [1.807, 2.05) is 18.2 Å². The van der Waals surface area contributed by atoms with Crippen LogP contribution in [0.4, 0.5) is 0 Å². The summed E-state index contributed by atoms with van der Waals surface area (Å²) in [5, 5.41) is 14.1. The summed E-state index contributed by atoms with van der Waals surface area (Å²) in [5.74, 6) is -0.604. The number of esters is 1. The third-order valence-corrected chi connectivity index (χ3v) is 3.53. The predicted octanol–water partition coefficient (Wildman–Crippen LogP) is 1.19. The van der Waals surface area contributed by atoms with Crippen molar-refractivity contribution in [2.45, 2.75) is 30.9 Å². The van der Waals surface area contributed by atoms with Crippen molar-refractivity contribution in [3.05, 3.63) is 35.9 Å². The first-order valence-corrected chi connectivity index (χ1v) is 6.29. The van der Waals surface area contributed by atoms with Gasteiger partial charge >= 0.3 is 5.97 Å². The standard InChI is InChI=1S/C14H19NO3/c1-18-13(16)14(17,11-7-3-2-4-8-11)12-9-5-6-10-15-12/h2-4,7-8,12,15,17H,5-6,9-10H2,1H3/t12-,14-/m0/s1. The molecule has 1 heterocycles. The molecule has 0 aliphatic carbocycles. The van der Waals surface area contributed by atoms with E-state index in [1.54, 1.807) is 12.1 Å². The number of aliphatic hydroxyl groups is 1. The molecule has 0 radical (unpaired) electrons. The van der Waals surface area contributed by atoms with E-state index in [4.69, 9.17) is 4.74 Å². The Morgan fingerprint density at radius 1 is 1.39 bits per heavy atom. The molecule has 1 fully saturated rings. The van der Waals surface area contributed by atoms with Crippen molar-refractivity contribution in [2.75, 3.05) is 13.7 Å². The Morgan fingerprint density at radius 3 is 2.67 bits per heavy atom. The molecule has 1 aromatic rings. The van der Waals surface area contributed by atoms with Crippen LogP contribution in [-0.4, -0.2) is 30.8 Å². The minimum absolute atomic E-state index is 0.291. The highest BCUT2D eigenvalue weighted by Crippen LogP contribution is 2.30. The Balaban J connectivity index is 2.36. The van der Waals surface area contributed by atoms with E-state index in [1.165, 1.54) is 7.11 Å². The van der Waals surface area contributed by atoms with Gasteiger partial charge in [0.25, 0.3) is 0 Å². The molecule has 0 saturated carbocycles. The summed E-state index contributed by atoms with van der Waals surface area (Å²) in [5.41, 5.74) is -1.02. The molecule has 0 amide bonds. The summed E-state index contributed by atoms with van der Waals surface area (Å²) >= 11 is 0. The Bertz CT molecular complexity index is 401. The maximum Gasteiger partial charge on any atom is 0.344 e. The Hall–Kier alpha value is -1.39. The SMILES string of the molecule is COC(=O)[C@](O)(c1ccccc1)[C@@H]1CCCCN1.